The van der Waals surface area contributed by atoms with E-state index in [-0.39, 0.29) is 30.2 Å². The van der Waals surface area contributed by atoms with E-state index in [0.717, 1.165) is 29.8 Å². The van der Waals surface area contributed by atoms with Crippen LogP contribution in [0.5, 0.6) is 0 Å². The monoisotopic (exact) mass is 358 g/mol. The van der Waals surface area contributed by atoms with Gasteiger partial charge in [0, 0.05) is 24.2 Å². The first-order valence-electron chi connectivity index (χ1n) is 8.83. The molecule has 0 bridgehead atoms. The number of nitrogens with one attached hydrogen (secondary N) is 1. The van der Waals surface area contributed by atoms with Gasteiger partial charge in [0.2, 0.25) is 11.8 Å². The summed E-state index contributed by atoms with van der Waals surface area (Å²) in [5.41, 5.74) is 2.51. The third kappa shape index (κ3) is 3.92. The molecule has 1 unspecified atom stereocenters. The van der Waals surface area contributed by atoms with Gasteiger partial charge < -0.3 is 10.2 Å². The molecule has 2 amide bonds. The average molecular weight is 358 g/mol. The van der Waals surface area contributed by atoms with Gasteiger partial charge in [-0.2, -0.15) is 5.10 Å². The maximum atomic E-state index is 13.1. The van der Waals surface area contributed by atoms with Crippen LogP contribution in [-0.2, 0) is 9.59 Å². The van der Waals surface area contributed by atoms with E-state index >= 15 is 0 Å². The zero-order valence-corrected chi connectivity index (χ0v) is 15.0. The Morgan fingerprint density at radius 2 is 2.04 bits per heavy atom. The van der Waals surface area contributed by atoms with Gasteiger partial charge in [0.05, 0.1) is 24.5 Å². The van der Waals surface area contributed by atoms with Crippen LogP contribution in [0, 0.1) is 12.7 Å². The van der Waals surface area contributed by atoms with Gasteiger partial charge in [0.1, 0.15) is 5.82 Å². The number of amides is 2. The summed E-state index contributed by atoms with van der Waals surface area (Å²) in [5.74, 6) is -0.437. The van der Waals surface area contributed by atoms with E-state index in [0.29, 0.717) is 13.0 Å². The summed E-state index contributed by atoms with van der Waals surface area (Å²) in [6.45, 7) is 4.52. The normalized spacial score (nSPS) is 15.8. The fourth-order valence-corrected chi connectivity index (χ4v) is 3.26. The van der Waals surface area contributed by atoms with Crippen molar-refractivity contribution in [1.82, 2.24) is 20.0 Å². The number of likely N-dealkylation sites (tertiary alicyclic amines) is 1. The fourth-order valence-electron chi connectivity index (χ4n) is 3.26. The lowest BCUT2D eigenvalue weighted by atomic mass is 10.1. The molecule has 2 aromatic rings. The first-order valence-corrected chi connectivity index (χ1v) is 8.83. The van der Waals surface area contributed by atoms with Crippen LogP contribution in [0.1, 0.15) is 43.5 Å². The highest BCUT2D eigenvalue weighted by molar-refractivity contribution is 5.85. The number of carbonyl (C=O) groups is 2. The predicted molar refractivity (Wildman–Crippen MR) is 95.2 cm³/mol. The van der Waals surface area contributed by atoms with Crippen molar-refractivity contribution >= 4 is 11.8 Å². The zero-order chi connectivity index (χ0) is 18.7. The molecule has 1 aliphatic heterocycles. The third-order valence-corrected chi connectivity index (χ3v) is 4.72. The quantitative estimate of drug-likeness (QED) is 0.893. The van der Waals surface area contributed by atoms with Crippen molar-refractivity contribution in [2.75, 3.05) is 13.1 Å². The summed E-state index contributed by atoms with van der Waals surface area (Å²) < 4.78 is 14.8. The van der Waals surface area contributed by atoms with E-state index < -0.39 is 0 Å². The maximum Gasteiger partial charge on any atom is 0.240 e. The molecule has 1 aromatic carbocycles. The summed E-state index contributed by atoms with van der Waals surface area (Å²) >= 11 is 0. The second-order valence-electron chi connectivity index (χ2n) is 6.64. The number of carbonyl (C=O) groups excluding carboxylic acids is 2. The Hall–Kier alpha value is -2.70. The van der Waals surface area contributed by atoms with Gasteiger partial charge >= 0.3 is 0 Å². The highest BCUT2D eigenvalue weighted by Gasteiger charge is 2.22. The third-order valence-electron chi connectivity index (χ3n) is 4.72. The zero-order valence-electron chi connectivity index (χ0n) is 15.0. The van der Waals surface area contributed by atoms with E-state index in [2.05, 4.69) is 10.4 Å². The molecule has 1 aliphatic rings. The molecule has 1 fully saturated rings. The van der Waals surface area contributed by atoms with Gasteiger partial charge in [-0.05, 0) is 51.0 Å². The molecular weight excluding hydrogens is 335 g/mol. The molecule has 1 aromatic heterocycles. The Balaban J connectivity index is 1.66. The Kier molecular flexibility index (Phi) is 5.35. The molecule has 1 atom stereocenters. The average Bonchev–Trinajstić information content (AvgIpc) is 2.99. The molecule has 138 valence electrons. The van der Waals surface area contributed by atoms with Gasteiger partial charge in [0.25, 0.3) is 0 Å². The highest BCUT2D eigenvalue weighted by atomic mass is 19.1. The molecule has 26 heavy (non-hydrogen) atoms. The van der Waals surface area contributed by atoms with Gasteiger partial charge in [0.15, 0.2) is 0 Å². The van der Waals surface area contributed by atoms with Crippen molar-refractivity contribution in [1.29, 1.82) is 0 Å². The minimum atomic E-state index is -0.299. The largest absolute Gasteiger partial charge is 0.348 e. The molecule has 0 radical (unpaired) electrons. The van der Waals surface area contributed by atoms with Gasteiger partial charge in [-0.25, -0.2) is 9.07 Å². The maximum absolute atomic E-state index is 13.1. The Bertz CT molecular complexity index is 800. The van der Waals surface area contributed by atoms with E-state index in [1.165, 1.54) is 12.1 Å². The van der Waals surface area contributed by atoms with Crippen LogP contribution in [0.4, 0.5) is 4.39 Å². The van der Waals surface area contributed by atoms with Gasteiger partial charge in [-0.1, -0.05) is 0 Å². The molecule has 2 heterocycles. The molecule has 0 aliphatic carbocycles. The summed E-state index contributed by atoms with van der Waals surface area (Å²) in [5, 5.41) is 7.28. The van der Waals surface area contributed by atoms with Crippen molar-refractivity contribution < 1.29 is 14.0 Å². The smallest absolute Gasteiger partial charge is 0.240 e. The molecule has 1 saturated heterocycles. The van der Waals surface area contributed by atoms with Crippen LogP contribution < -0.4 is 5.32 Å². The van der Waals surface area contributed by atoms with Crippen molar-refractivity contribution in [3.05, 3.63) is 47.5 Å². The topological polar surface area (TPSA) is 67.2 Å². The Morgan fingerprint density at radius 3 is 2.73 bits per heavy atom. The lowest BCUT2D eigenvalue weighted by Crippen LogP contribution is -2.43. The van der Waals surface area contributed by atoms with Crippen LogP contribution in [0.3, 0.4) is 0 Å². The number of aromatic nitrogens is 2. The van der Waals surface area contributed by atoms with E-state index in [1.54, 1.807) is 27.9 Å². The number of hydrogen-bond donors (Lipinski definition) is 1. The standard InChI is InChI=1S/C19H23FN4O2/c1-13(22-18(25)12-23-10-4-3-5-19(23)26)17-11-21-24(14(17)2)16-8-6-15(20)7-9-16/h6-9,11,13H,3-5,10,12H2,1-2H3,(H,22,25). The number of hydrogen-bond acceptors (Lipinski definition) is 3. The van der Waals surface area contributed by atoms with Crippen LogP contribution in [0.2, 0.25) is 0 Å². The summed E-state index contributed by atoms with van der Waals surface area (Å²) in [6, 6.07) is 5.85. The van der Waals surface area contributed by atoms with Crippen molar-refractivity contribution in [3.63, 3.8) is 0 Å². The second-order valence-corrected chi connectivity index (χ2v) is 6.64. The van der Waals surface area contributed by atoms with Crippen LogP contribution >= 0.6 is 0 Å². The number of nitrogens with zero attached hydrogens (tertiary/aromatic N) is 3. The summed E-state index contributed by atoms with van der Waals surface area (Å²) in [6.07, 6.45) is 4.06. The van der Waals surface area contributed by atoms with E-state index in [4.69, 9.17) is 0 Å². The number of piperidine rings is 1. The lowest BCUT2D eigenvalue weighted by molar-refractivity contribution is -0.138. The lowest BCUT2D eigenvalue weighted by Gasteiger charge is -2.26. The molecule has 3 rings (SSSR count). The second kappa shape index (κ2) is 7.68. The molecule has 0 saturated carbocycles. The minimum absolute atomic E-state index is 0.0411. The Morgan fingerprint density at radius 1 is 1.31 bits per heavy atom. The summed E-state index contributed by atoms with van der Waals surface area (Å²) in [7, 11) is 0. The SMILES string of the molecule is Cc1c(C(C)NC(=O)CN2CCCCC2=O)cnn1-c1ccc(F)cc1. The molecule has 7 heteroatoms. The van der Waals surface area contributed by atoms with Crippen molar-refractivity contribution in [2.24, 2.45) is 0 Å². The predicted octanol–water partition coefficient (Wildman–Crippen LogP) is 2.51. The fraction of sp³-hybridized carbons (Fsp3) is 0.421. The van der Waals surface area contributed by atoms with E-state index in [9.17, 15) is 14.0 Å². The van der Waals surface area contributed by atoms with Crippen LogP contribution in [-0.4, -0.2) is 39.6 Å². The van der Waals surface area contributed by atoms with Crippen LogP contribution in [0.25, 0.3) is 5.69 Å². The number of rotatable bonds is 5. The molecule has 1 N–H and O–H groups in total. The number of halogens is 1. The molecule has 0 spiro atoms. The molecular formula is C19H23FN4O2. The molecule has 6 nitrogen and oxygen atoms in total. The van der Waals surface area contributed by atoms with Crippen molar-refractivity contribution in [3.8, 4) is 5.69 Å². The number of benzene rings is 1. The first kappa shape index (κ1) is 18.1. The minimum Gasteiger partial charge on any atom is -0.348 e. The van der Waals surface area contributed by atoms with Gasteiger partial charge in [-0.3, -0.25) is 9.59 Å². The van der Waals surface area contributed by atoms with E-state index in [1.807, 2.05) is 13.8 Å². The van der Waals surface area contributed by atoms with Crippen LogP contribution in [0.15, 0.2) is 30.5 Å². The Labute approximate surface area is 152 Å². The highest BCUT2D eigenvalue weighted by Crippen LogP contribution is 2.20. The van der Waals surface area contributed by atoms with Crippen molar-refractivity contribution in [2.45, 2.75) is 39.2 Å². The first-order chi connectivity index (χ1) is 12.5. The van der Waals surface area contributed by atoms with Gasteiger partial charge in [-0.15, -0.1) is 0 Å². The summed E-state index contributed by atoms with van der Waals surface area (Å²) in [4.78, 5) is 25.7.